The van der Waals surface area contributed by atoms with E-state index in [0.717, 1.165) is 0 Å². The van der Waals surface area contributed by atoms with Crippen LogP contribution in [0.3, 0.4) is 0 Å². The van der Waals surface area contributed by atoms with Crippen LogP contribution in [-0.4, -0.2) is 115 Å². The second-order valence-corrected chi connectivity index (χ2v) is 19.3. The number of esters is 3. The fraction of sp³-hybridized carbons (Fsp3) is 0.596. The van der Waals surface area contributed by atoms with E-state index in [4.69, 9.17) is 33.0 Å². The molecule has 2 aromatic carbocycles. The van der Waals surface area contributed by atoms with E-state index < -0.39 is 112 Å². The van der Waals surface area contributed by atoms with E-state index in [1.807, 2.05) is 13.8 Å². The van der Waals surface area contributed by atoms with Crippen LogP contribution in [0.25, 0.3) is 0 Å². The van der Waals surface area contributed by atoms with Gasteiger partial charge in [0, 0.05) is 25.2 Å². The van der Waals surface area contributed by atoms with Crippen molar-refractivity contribution in [2.75, 3.05) is 6.61 Å². The van der Waals surface area contributed by atoms with E-state index in [0.29, 0.717) is 29.4 Å². The van der Waals surface area contributed by atoms with Crippen molar-refractivity contribution in [3.8, 4) is 0 Å². The number of benzene rings is 2. The monoisotopic (exact) mass is 887 g/mol. The zero-order valence-electron chi connectivity index (χ0n) is 38.6. The fourth-order valence-corrected chi connectivity index (χ4v) is 10.4. The number of aliphatic hydroxyl groups is 2. The van der Waals surface area contributed by atoms with Gasteiger partial charge in [0.2, 0.25) is 0 Å². The Morgan fingerprint density at radius 1 is 0.938 bits per heavy atom. The van der Waals surface area contributed by atoms with E-state index >= 15 is 4.79 Å². The molecule has 6 rings (SSSR count). The van der Waals surface area contributed by atoms with Gasteiger partial charge in [-0.15, -0.1) is 0 Å². The Bertz CT molecular complexity index is 2090. The summed E-state index contributed by atoms with van der Waals surface area (Å²) in [6, 6.07) is 15.2. The van der Waals surface area contributed by atoms with Crippen LogP contribution >= 0.6 is 0 Å². The second kappa shape index (κ2) is 18.7. The number of alkyl carbamates (subject to hydrolysis) is 1. The Morgan fingerprint density at radius 3 is 2.11 bits per heavy atom. The number of rotatable bonds is 14. The van der Waals surface area contributed by atoms with E-state index in [1.54, 1.807) is 109 Å². The summed E-state index contributed by atoms with van der Waals surface area (Å²) >= 11 is 0. The Labute approximate surface area is 376 Å². The first-order valence-corrected chi connectivity index (χ1v) is 22.3. The molecule has 3 fully saturated rings. The molecule has 3 aliphatic carbocycles. The fourth-order valence-electron chi connectivity index (χ4n) is 10.4. The van der Waals surface area contributed by atoms with Crippen LogP contribution < -0.4 is 5.32 Å². The average molecular weight is 888 g/mol. The van der Waals surface area contributed by atoms with Gasteiger partial charge in [-0.05, 0) is 63.5 Å². The molecule has 2 saturated carbocycles. The lowest BCUT2D eigenvalue weighted by Gasteiger charge is -2.68. The predicted octanol–water partition coefficient (Wildman–Crippen LogP) is 4.89. The SMILES string of the molecule is CCBOC1C[C@H]2OC[C@@]2(OC(C)=O)[C@H]2[C@H](OC(=O)c3ccccc3)[C@]3(O)CC(OC(=O)[C@H](O)[C@@H](NC(=O)OC(C)(C)C)c4ccccc4)C(C)=C([C@@H](OBCC)C(=O)[C@]12C)C3(C)C. The molecule has 0 radical (unpaired) electrons. The molecule has 0 spiro atoms. The highest BCUT2D eigenvalue weighted by atomic mass is 16.6. The summed E-state index contributed by atoms with van der Waals surface area (Å²) in [6.07, 6.45) is -8.13. The molecule has 2 unspecified atom stereocenters. The Morgan fingerprint density at radius 2 is 1.55 bits per heavy atom. The highest BCUT2D eigenvalue weighted by molar-refractivity contribution is 6.28. The molecule has 15 nitrogen and oxygen atoms in total. The van der Waals surface area contributed by atoms with Gasteiger partial charge in [0.15, 0.2) is 17.5 Å². The molecule has 1 amide bonds. The first-order chi connectivity index (χ1) is 30.1. The van der Waals surface area contributed by atoms with Gasteiger partial charge in [0.1, 0.15) is 35.6 Å². The molecule has 0 aromatic heterocycles. The number of hydrogen-bond donors (Lipinski definition) is 3. The zero-order chi connectivity index (χ0) is 47.0. The van der Waals surface area contributed by atoms with E-state index in [1.165, 1.54) is 6.92 Å². The van der Waals surface area contributed by atoms with Crippen molar-refractivity contribution in [2.45, 2.75) is 154 Å². The number of ketones is 1. The molecule has 64 heavy (non-hydrogen) atoms. The van der Waals surface area contributed by atoms with Crippen molar-refractivity contribution in [1.82, 2.24) is 5.32 Å². The summed E-state index contributed by atoms with van der Waals surface area (Å²) in [7, 11) is 0.377. The summed E-state index contributed by atoms with van der Waals surface area (Å²) in [4.78, 5) is 71.2. The molecular formula is C47H63B2NO14. The third-order valence-corrected chi connectivity index (χ3v) is 13.5. The minimum absolute atomic E-state index is 0.119. The summed E-state index contributed by atoms with van der Waals surface area (Å²) in [5.74, 6) is -4.44. The number of fused-ring (bicyclic) bond motifs is 5. The highest BCUT2D eigenvalue weighted by Gasteiger charge is 2.78. The number of carbonyl (C=O) groups excluding carboxylic acids is 5. The number of Topliss-reactive ketones (excluding diaryl/α,β-unsaturated/α-hetero) is 1. The maximum Gasteiger partial charge on any atom is 0.408 e. The van der Waals surface area contributed by atoms with E-state index in [-0.39, 0.29) is 33.6 Å². The van der Waals surface area contributed by atoms with Crippen LogP contribution in [0.4, 0.5) is 4.79 Å². The van der Waals surface area contributed by atoms with Crippen LogP contribution in [0.15, 0.2) is 71.8 Å². The third-order valence-electron chi connectivity index (χ3n) is 13.5. The van der Waals surface area contributed by atoms with Gasteiger partial charge in [-0.25, -0.2) is 14.4 Å². The second-order valence-electron chi connectivity index (χ2n) is 19.3. The van der Waals surface area contributed by atoms with E-state index in [9.17, 15) is 29.4 Å². The topological polar surface area (TPSA) is 202 Å². The number of nitrogens with one attached hydrogen (secondary N) is 1. The Hall–Kier alpha value is -4.54. The summed E-state index contributed by atoms with van der Waals surface area (Å²) in [5, 5.41) is 28.3. The predicted molar refractivity (Wildman–Crippen MR) is 237 cm³/mol. The van der Waals surface area contributed by atoms with Crippen molar-refractivity contribution >= 4 is 44.7 Å². The number of ether oxygens (including phenoxy) is 5. The van der Waals surface area contributed by atoms with Crippen molar-refractivity contribution < 1.29 is 67.2 Å². The van der Waals surface area contributed by atoms with Gasteiger partial charge < -0.3 is 48.5 Å². The van der Waals surface area contributed by atoms with Gasteiger partial charge in [-0.2, -0.15) is 0 Å². The van der Waals surface area contributed by atoms with Crippen molar-refractivity contribution in [1.29, 1.82) is 0 Å². The zero-order valence-corrected chi connectivity index (χ0v) is 38.6. The molecule has 4 aliphatic rings. The molecule has 346 valence electrons. The van der Waals surface area contributed by atoms with Crippen molar-refractivity contribution in [3.05, 3.63) is 82.9 Å². The summed E-state index contributed by atoms with van der Waals surface area (Å²) < 4.78 is 43.8. The first-order valence-electron chi connectivity index (χ1n) is 22.3. The maximum atomic E-state index is 16.0. The Balaban J connectivity index is 1.56. The molecule has 2 aromatic rings. The molecular weight excluding hydrogens is 824 g/mol. The van der Waals surface area contributed by atoms with Crippen LogP contribution in [0.5, 0.6) is 0 Å². The quantitative estimate of drug-likeness (QED) is 0.100. The van der Waals surface area contributed by atoms with Gasteiger partial charge in [-0.3, -0.25) is 9.59 Å². The lowest BCUT2D eigenvalue weighted by atomic mass is 9.44. The minimum Gasteiger partial charge on any atom is -0.456 e. The van der Waals surface area contributed by atoms with Crippen LogP contribution in [0, 0.1) is 16.7 Å². The highest BCUT2D eigenvalue weighted by Crippen LogP contribution is 2.65. The Kier molecular flexibility index (Phi) is 14.3. The smallest absolute Gasteiger partial charge is 0.408 e. The molecule has 1 aliphatic heterocycles. The average Bonchev–Trinajstić information content (AvgIpc) is 3.23. The molecule has 1 heterocycles. The van der Waals surface area contributed by atoms with Gasteiger partial charge in [-0.1, -0.05) is 88.9 Å². The molecule has 11 atom stereocenters. The largest absolute Gasteiger partial charge is 0.456 e. The standard InChI is InChI=1S/C47H63B2NO14/c1-11-48-63-31-23-32-46(25-58-32,61-27(4)51)37-39(60-40(54)29-21-17-14-18-22-29)47(57)24-30(26(3)33(44(47,8)9)36(64-49-12-2)38(53)45(31,37)10)59-41(55)35(52)34(28-19-15-13-16-20-28)50-42(56)62-43(5,6)7/h13-22,30-32,34-37,39,48-49,52,57H,11-12,23-25H2,1-10H3,(H,50,56)/t30?,31?,32-,34+,35-,36-,37+,39+,45-,46+,47-/m1/s1. The lowest BCUT2D eigenvalue weighted by Crippen LogP contribution is -2.82. The third kappa shape index (κ3) is 8.90. The van der Waals surface area contributed by atoms with Crippen molar-refractivity contribution in [2.24, 2.45) is 16.7 Å². The van der Waals surface area contributed by atoms with E-state index in [2.05, 4.69) is 5.32 Å². The van der Waals surface area contributed by atoms with Gasteiger partial charge >= 0.3 is 24.0 Å². The van der Waals surface area contributed by atoms with Crippen LogP contribution in [0.2, 0.25) is 12.6 Å². The number of aliphatic hydroxyl groups excluding tert-OH is 1. The van der Waals surface area contributed by atoms with Crippen LogP contribution in [-0.2, 0) is 47.4 Å². The number of carbonyl (C=O) groups is 5. The lowest BCUT2D eigenvalue weighted by molar-refractivity contribution is -0.344. The van der Waals surface area contributed by atoms with Crippen LogP contribution in [0.1, 0.15) is 104 Å². The van der Waals surface area contributed by atoms with Gasteiger partial charge in [0.25, 0.3) is 15.0 Å². The van der Waals surface area contributed by atoms with Crippen molar-refractivity contribution in [3.63, 3.8) is 0 Å². The summed E-state index contributed by atoms with van der Waals surface area (Å²) in [5.41, 5.74) is -6.67. The first kappa shape index (κ1) is 48.9. The van der Waals surface area contributed by atoms with Gasteiger partial charge in [0.05, 0.1) is 35.6 Å². The summed E-state index contributed by atoms with van der Waals surface area (Å²) in [6.45, 7) is 16.7. The molecule has 1 saturated heterocycles. The molecule has 2 bridgehead atoms. The number of amides is 1. The normalized spacial score (nSPS) is 31.5. The maximum absolute atomic E-state index is 16.0. The molecule has 17 heteroatoms. The number of hydrogen-bond acceptors (Lipinski definition) is 14. The molecule has 3 N–H and O–H groups in total. The minimum atomic E-state index is -2.23.